The summed E-state index contributed by atoms with van der Waals surface area (Å²) in [6, 6.07) is 6.68. The third-order valence-corrected chi connectivity index (χ3v) is 9.52. The van der Waals surface area contributed by atoms with Crippen LogP contribution in [-0.2, 0) is 33.2 Å². The zero-order valence-corrected chi connectivity index (χ0v) is 27.3. The SMILES string of the molecule is COc1cc([C@@H]2c3cc4c(cc3[C@@H](O[C@@H]3O[C@@H]5CO[C@H](C)O[C@H]5[C@H](O)[C@H]3O)[C@H]3COC(=O)[C@H]23)OCO4)cc(OC)c1OC(=O)OCC(O)CO. The van der Waals surface area contributed by atoms with Crippen molar-refractivity contribution in [2.24, 2.45) is 11.8 Å². The van der Waals surface area contributed by atoms with Crippen LogP contribution in [0.2, 0.25) is 0 Å². The molecule has 0 amide bonds. The second kappa shape index (κ2) is 14.0. The fourth-order valence-corrected chi connectivity index (χ4v) is 7.15. The van der Waals surface area contributed by atoms with Crippen molar-refractivity contribution in [3.05, 3.63) is 41.0 Å². The number of aliphatic hydroxyl groups is 4. The van der Waals surface area contributed by atoms with Crippen LogP contribution in [0.5, 0.6) is 28.7 Å². The third-order valence-electron chi connectivity index (χ3n) is 9.52. The van der Waals surface area contributed by atoms with Crippen molar-refractivity contribution in [1.82, 2.24) is 0 Å². The van der Waals surface area contributed by atoms with Gasteiger partial charge in [-0.1, -0.05) is 0 Å². The summed E-state index contributed by atoms with van der Waals surface area (Å²) in [5, 5.41) is 40.7. The van der Waals surface area contributed by atoms with Crippen molar-refractivity contribution in [1.29, 1.82) is 0 Å². The van der Waals surface area contributed by atoms with E-state index in [1.165, 1.54) is 14.2 Å². The minimum Gasteiger partial charge on any atom is -0.493 e. The molecule has 1 aliphatic carbocycles. The highest BCUT2D eigenvalue weighted by atomic mass is 16.8. The average molecular weight is 707 g/mol. The van der Waals surface area contributed by atoms with Gasteiger partial charge in [0.2, 0.25) is 12.5 Å². The molecule has 50 heavy (non-hydrogen) atoms. The molecule has 1 unspecified atom stereocenters. The normalized spacial score (nSPS) is 33.0. The van der Waals surface area contributed by atoms with Gasteiger partial charge in [0.1, 0.15) is 37.1 Å². The summed E-state index contributed by atoms with van der Waals surface area (Å²) in [6.07, 6.45) is -9.66. The molecule has 4 aliphatic heterocycles. The molecule has 0 saturated carbocycles. The molecule has 0 aromatic heterocycles. The molecule has 272 valence electrons. The number of carbonyl (C=O) groups excluding carboxylic acids is 2. The Morgan fingerprint density at radius 1 is 0.960 bits per heavy atom. The summed E-state index contributed by atoms with van der Waals surface area (Å²) >= 11 is 0. The largest absolute Gasteiger partial charge is 0.514 e. The molecular formula is C33H38O17. The van der Waals surface area contributed by atoms with Crippen molar-refractivity contribution in [3.63, 3.8) is 0 Å². The van der Waals surface area contributed by atoms with E-state index in [-0.39, 0.29) is 37.3 Å². The predicted octanol–water partition coefficient (Wildman–Crippen LogP) is 0.502. The molecule has 3 fully saturated rings. The number of ether oxygens (including phenoxy) is 11. The van der Waals surface area contributed by atoms with Crippen LogP contribution in [0.15, 0.2) is 24.3 Å². The first-order valence-electron chi connectivity index (χ1n) is 16.0. The Kier molecular flexibility index (Phi) is 9.66. The van der Waals surface area contributed by atoms with E-state index >= 15 is 0 Å². The van der Waals surface area contributed by atoms with E-state index in [4.69, 9.17) is 57.2 Å². The van der Waals surface area contributed by atoms with Crippen LogP contribution >= 0.6 is 0 Å². The van der Waals surface area contributed by atoms with Gasteiger partial charge in [0.15, 0.2) is 35.6 Å². The first-order chi connectivity index (χ1) is 24.1. The fourth-order valence-electron chi connectivity index (χ4n) is 7.15. The molecule has 0 radical (unpaired) electrons. The standard InChI is InChI=1S/C33H38O17/c1-13-42-11-23-30(47-13)26(36)27(37)32(48-23)49-28-17-7-20-19(45-12-46-20)6-16(17)24(25-18(28)10-43-31(25)38)14-4-21(40-2)29(22(5-14)41-3)50-33(39)44-9-15(35)8-34/h4-7,13,15,18,23-28,30,32,34-37H,8-12H2,1-3H3/t13-,15?,18-,23+,24+,25-,26+,27+,28+,30+,32-/m0/s1. The van der Waals surface area contributed by atoms with Gasteiger partial charge in [-0.2, -0.15) is 0 Å². The first-order valence-corrected chi connectivity index (χ1v) is 16.0. The second-order valence-electron chi connectivity index (χ2n) is 12.5. The number of aliphatic hydroxyl groups excluding tert-OH is 4. The minimum atomic E-state index is -1.49. The van der Waals surface area contributed by atoms with E-state index in [0.29, 0.717) is 28.2 Å². The Labute approximate surface area is 285 Å². The third kappa shape index (κ3) is 6.17. The van der Waals surface area contributed by atoms with Gasteiger partial charge in [-0.15, -0.1) is 0 Å². The quantitative estimate of drug-likeness (QED) is 0.206. The molecule has 2 aromatic rings. The fraction of sp³-hybridized carbons (Fsp3) is 0.576. The smallest absolute Gasteiger partial charge is 0.493 e. The first kappa shape index (κ1) is 34.5. The van der Waals surface area contributed by atoms with Crippen molar-refractivity contribution >= 4 is 12.1 Å². The molecule has 17 nitrogen and oxygen atoms in total. The number of rotatable bonds is 9. The van der Waals surface area contributed by atoms with Gasteiger partial charge in [-0.25, -0.2) is 4.79 Å². The Morgan fingerprint density at radius 2 is 1.66 bits per heavy atom. The highest BCUT2D eigenvalue weighted by Gasteiger charge is 2.56. The maximum absolute atomic E-state index is 13.6. The van der Waals surface area contributed by atoms with Gasteiger partial charge in [-0.3, -0.25) is 4.79 Å². The maximum atomic E-state index is 13.6. The Morgan fingerprint density at radius 3 is 2.34 bits per heavy atom. The lowest BCUT2D eigenvalue weighted by Crippen LogP contribution is -2.63. The minimum absolute atomic E-state index is 0.0271. The number of hydrogen-bond donors (Lipinski definition) is 4. The van der Waals surface area contributed by atoms with E-state index in [0.717, 1.165) is 0 Å². The van der Waals surface area contributed by atoms with Gasteiger partial charge < -0.3 is 72.5 Å². The zero-order valence-electron chi connectivity index (χ0n) is 27.3. The average Bonchev–Trinajstić information content (AvgIpc) is 3.74. The summed E-state index contributed by atoms with van der Waals surface area (Å²) in [6.45, 7) is 0.611. The predicted molar refractivity (Wildman–Crippen MR) is 162 cm³/mol. The van der Waals surface area contributed by atoms with Gasteiger partial charge in [0.25, 0.3) is 0 Å². The van der Waals surface area contributed by atoms with Crippen molar-refractivity contribution < 1.29 is 82.1 Å². The summed E-state index contributed by atoms with van der Waals surface area (Å²) in [5.41, 5.74) is 1.73. The number of fused-ring (bicyclic) bond motifs is 4. The second-order valence-corrected chi connectivity index (χ2v) is 12.5. The highest BCUT2D eigenvalue weighted by molar-refractivity contribution is 5.79. The Bertz CT molecular complexity index is 1570. The van der Waals surface area contributed by atoms with Crippen LogP contribution in [0, 0.1) is 11.8 Å². The van der Waals surface area contributed by atoms with E-state index in [1.54, 1.807) is 31.2 Å². The Hall–Kier alpha value is -3.94. The summed E-state index contributed by atoms with van der Waals surface area (Å²) in [7, 11) is 2.71. The molecule has 0 spiro atoms. The molecule has 11 atom stereocenters. The van der Waals surface area contributed by atoms with Gasteiger partial charge in [0.05, 0.1) is 46.1 Å². The number of benzene rings is 2. The molecule has 5 aliphatic rings. The number of esters is 1. The van der Waals surface area contributed by atoms with E-state index < -0.39 is 92.3 Å². The van der Waals surface area contributed by atoms with Crippen LogP contribution in [0.25, 0.3) is 0 Å². The molecule has 17 heteroatoms. The molecule has 4 heterocycles. The van der Waals surface area contributed by atoms with Crippen LogP contribution in [0.3, 0.4) is 0 Å². The summed E-state index contributed by atoms with van der Waals surface area (Å²) < 4.78 is 62.3. The maximum Gasteiger partial charge on any atom is 0.514 e. The van der Waals surface area contributed by atoms with Crippen molar-refractivity contribution in [2.75, 3.05) is 47.4 Å². The molecular weight excluding hydrogens is 668 g/mol. The Balaban J connectivity index is 1.26. The van der Waals surface area contributed by atoms with E-state index in [1.807, 2.05) is 0 Å². The van der Waals surface area contributed by atoms with Crippen LogP contribution in [-0.4, -0.2) is 123 Å². The molecule has 0 bridgehead atoms. The number of carbonyl (C=O) groups is 2. The monoisotopic (exact) mass is 706 g/mol. The van der Waals surface area contributed by atoms with E-state index in [9.17, 15) is 24.9 Å². The zero-order chi connectivity index (χ0) is 35.3. The van der Waals surface area contributed by atoms with E-state index in [2.05, 4.69) is 0 Å². The number of methoxy groups -OCH3 is 2. The van der Waals surface area contributed by atoms with Crippen molar-refractivity contribution in [2.45, 2.75) is 62.0 Å². The number of hydrogen-bond acceptors (Lipinski definition) is 17. The lowest BCUT2D eigenvalue weighted by Gasteiger charge is -2.47. The van der Waals surface area contributed by atoms with Crippen LogP contribution < -0.4 is 23.7 Å². The summed E-state index contributed by atoms with van der Waals surface area (Å²) in [4.78, 5) is 26.1. The molecule has 2 aromatic carbocycles. The summed E-state index contributed by atoms with van der Waals surface area (Å²) in [5.74, 6) is -1.76. The van der Waals surface area contributed by atoms with Gasteiger partial charge >= 0.3 is 12.1 Å². The highest BCUT2D eigenvalue weighted by Crippen LogP contribution is 2.57. The van der Waals surface area contributed by atoms with Crippen LogP contribution in [0.1, 0.15) is 35.6 Å². The molecule has 3 saturated heterocycles. The number of cyclic esters (lactones) is 1. The molecule has 4 N–H and O–H groups in total. The topological polar surface area (TPSA) is 217 Å². The van der Waals surface area contributed by atoms with Crippen molar-refractivity contribution in [3.8, 4) is 28.7 Å². The van der Waals surface area contributed by atoms with Gasteiger partial charge in [0, 0.05) is 11.8 Å². The van der Waals surface area contributed by atoms with Gasteiger partial charge in [-0.05, 0) is 47.9 Å². The lowest BCUT2D eigenvalue weighted by molar-refractivity contribution is -0.364. The van der Waals surface area contributed by atoms with Crippen LogP contribution in [0.4, 0.5) is 4.79 Å². The lowest BCUT2D eigenvalue weighted by atomic mass is 9.66. The molecule has 7 rings (SSSR count).